The van der Waals surface area contributed by atoms with Crippen LogP contribution in [0, 0.1) is 6.92 Å². The number of carbonyl (C=O) groups is 2. The lowest BCUT2D eigenvalue weighted by molar-refractivity contribution is -0.118. The highest BCUT2D eigenvalue weighted by atomic mass is 79.9. The molecule has 0 N–H and O–H groups in total. The Morgan fingerprint density at radius 3 is 2.80 bits per heavy atom. The zero-order chi connectivity index (χ0) is 14.7. The van der Waals surface area contributed by atoms with Gasteiger partial charge in [-0.05, 0) is 61.2 Å². The monoisotopic (exact) mass is 337 g/mol. The lowest BCUT2D eigenvalue weighted by Crippen LogP contribution is -2.44. The van der Waals surface area contributed by atoms with Crippen LogP contribution >= 0.6 is 15.9 Å². The average Bonchev–Trinajstić information content (AvgIpc) is 2.41. The highest BCUT2D eigenvalue weighted by Gasteiger charge is 2.29. The molecule has 0 saturated carbocycles. The second-order valence-corrected chi connectivity index (χ2v) is 6.39. The van der Waals surface area contributed by atoms with Crippen LogP contribution in [0.25, 0.3) is 0 Å². The van der Waals surface area contributed by atoms with Crippen molar-refractivity contribution in [3.8, 4) is 0 Å². The van der Waals surface area contributed by atoms with Gasteiger partial charge in [0.15, 0.2) is 0 Å². The summed E-state index contributed by atoms with van der Waals surface area (Å²) >= 11 is 3.45. The first-order chi connectivity index (χ1) is 9.49. The van der Waals surface area contributed by atoms with Gasteiger partial charge in [0.05, 0.1) is 5.56 Å². The van der Waals surface area contributed by atoms with E-state index in [9.17, 15) is 9.59 Å². The molecular weight excluding hydrogens is 318 g/mol. The number of likely N-dealkylation sites (tertiary alicyclic amines) is 1. The molecule has 1 amide bonds. The van der Waals surface area contributed by atoms with Gasteiger partial charge in [0.2, 0.25) is 0 Å². The van der Waals surface area contributed by atoms with E-state index in [0.717, 1.165) is 35.8 Å². The van der Waals surface area contributed by atoms with Crippen LogP contribution in [0.15, 0.2) is 22.7 Å². The molecule has 0 bridgehead atoms. The summed E-state index contributed by atoms with van der Waals surface area (Å²) in [4.78, 5) is 26.0. The van der Waals surface area contributed by atoms with Crippen molar-refractivity contribution in [2.45, 2.75) is 45.6 Å². The molecule has 0 aliphatic carbocycles. The molecule has 1 aliphatic rings. The summed E-state index contributed by atoms with van der Waals surface area (Å²) < 4.78 is 0.820. The molecule has 1 aromatic rings. The summed E-state index contributed by atoms with van der Waals surface area (Å²) in [7, 11) is 0. The molecule has 108 valence electrons. The van der Waals surface area contributed by atoms with Gasteiger partial charge in [-0.25, -0.2) is 0 Å². The number of Topliss-reactive ketones (excluding diaryl/α,β-unsaturated/α-hetero) is 1. The van der Waals surface area contributed by atoms with E-state index in [1.165, 1.54) is 0 Å². The minimum atomic E-state index is 0.0338. The first-order valence-electron chi connectivity index (χ1n) is 7.05. The number of hydrogen-bond donors (Lipinski definition) is 0. The molecule has 2 rings (SSSR count). The molecule has 20 heavy (non-hydrogen) atoms. The molecule has 1 fully saturated rings. The minimum absolute atomic E-state index is 0.0338. The fourth-order valence-corrected chi connectivity index (χ4v) is 3.19. The van der Waals surface area contributed by atoms with Gasteiger partial charge in [-0.15, -0.1) is 0 Å². The van der Waals surface area contributed by atoms with E-state index >= 15 is 0 Å². The molecule has 1 atom stereocenters. The summed E-state index contributed by atoms with van der Waals surface area (Å²) in [6, 6.07) is 5.85. The molecule has 0 spiro atoms. The molecule has 0 radical (unpaired) electrons. The lowest BCUT2D eigenvalue weighted by atomic mass is 9.96. The van der Waals surface area contributed by atoms with Crippen LogP contribution in [-0.2, 0) is 4.79 Å². The first-order valence-corrected chi connectivity index (χ1v) is 7.85. The van der Waals surface area contributed by atoms with Crippen molar-refractivity contribution in [3.63, 3.8) is 0 Å². The number of rotatable bonds is 3. The van der Waals surface area contributed by atoms with Crippen molar-refractivity contribution in [2.75, 3.05) is 6.54 Å². The number of piperidine rings is 1. The van der Waals surface area contributed by atoms with E-state index in [4.69, 9.17) is 0 Å². The maximum absolute atomic E-state index is 12.7. The van der Waals surface area contributed by atoms with Gasteiger partial charge < -0.3 is 4.90 Å². The van der Waals surface area contributed by atoms with Gasteiger partial charge in [0, 0.05) is 23.5 Å². The first kappa shape index (κ1) is 15.2. The molecule has 1 saturated heterocycles. The normalized spacial score (nSPS) is 18.9. The fraction of sp³-hybridized carbons (Fsp3) is 0.500. The van der Waals surface area contributed by atoms with Gasteiger partial charge >= 0.3 is 0 Å². The summed E-state index contributed by atoms with van der Waals surface area (Å²) in [5.74, 6) is 0.185. The number of carbonyl (C=O) groups excluding carboxylic acids is 2. The third-order valence-electron chi connectivity index (χ3n) is 3.76. The van der Waals surface area contributed by atoms with E-state index in [1.54, 1.807) is 6.92 Å². The van der Waals surface area contributed by atoms with E-state index in [1.807, 2.05) is 30.0 Å². The Morgan fingerprint density at radius 2 is 2.10 bits per heavy atom. The molecular formula is C16H20BrNO2. The van der Waals surface area contributed by atoms with Crippen LogP contribution in [0.2, 0.25) is 0 Å². The number of ketones is 1. The van der Waals surface area contributed by atoms with Crippen LogP contribution in [0.5, 0.6) is 0 Å². The van der Waals surface area contributed by atoms with Crippen molar-refractivity contribution >= 4 is 27.6 Å². The van der Waals surface area contributed by atoms with Gasteiger partial charge in [0.25, 0.3) is 5.91 Å². The highest BCUT2D eigenvalue weighted by Crippen LogP contribution is 2.26. The van der Waals surface area contributed by atoms with Gasteiger partial charge in [-0.1, -0.05) is 11.6 Å². The maximum Gasteiger partial charge on any atom is 0.255 e. The van der Waals surface area contributed by atoms with Crippen molar-refractivity contribution in [1.82, 2.24) is 4.90 Å². The Kier molecular flexibility index (Phi) is 4.97. The Morgan fingerprint density at radius 1 is 1.35 bits per heavy atom. The topological polar surface area (TPSA) is 37.4 Å². The number of hydrogen-bond acceptors (Lipinski definition) is 2. The standard InChI is InChI=1S/C16H20BrNO2/c1-11-6-7-15(17)14(9-11)16(20)18-8-4-3-5-13(18)10-12(2)19/h6-7,9,13H,3-5,8,10H2,1-2H3. The molecule has 1 aliphatic heterocycles. The van der Waals surface area contributed by atoms with Crippen LogP contribution in [0.4, 0.5) is 0 Å². The van der Waals surface area contributed by atoms with E-state index in [0.29, 0.717) is 12.0 Å². The fourth-order valence-electron chi connectivity index (χ4n) is 2.77. The van der Waals surface area contributed by atoms with Crippen LogP contribution < -0.4 is 0 Å². The predicted molar refractivity (Wildman–Crippen MR) is 82.9 cm³/mol. The molecule has 1 heterocycles. The van der Waals surface area contributed by atoms with Crippen LogP contribution in [-0.4, -0.2) is 29.2 Å². The molecule has 1 aromatic carbocycles. The van der Waals surface area contributed by atoms with Gasteiger partial charge in [0.1, 0.15) is 5.78 Å². The quantitative estimate of drug-likeness (QED) is 0.842. The third-order valence-corrected chi connectivity index (χ3v) is 4.45. The van der Waals surface area contributed by atoms with Gasteiger partial charge in [-0.3, -0.25) is 9.59 Å². The highest BCUT2D eigenvalue weighted by molar-refractivity contribution is 9.10. The SMILES string of the molecule is CC(=O)CC1CCCCN1C(=O)c1cc(C)ccc1Br. The zero-order valence-electron chi connectivity index (χ0n) is 12.0. The number of amides is 1. The van der Waals surface area contributed by atoms with E-state index < -0.39 is 0 Å². The summed E-state index contributed by atoms with van der Waals surface area (Å²) in [5.41, 5.74) is 1.76. The van der Waals surface area contributed by atoms with E-state index in [2.05, 4.69) is 15.9 Å². The van der Waals surface area contributed by atoms with Crippen LogP contribution in [0.3, 0.4) is 0 Å². The van der Waals surface area contributed by atoms with Gasteiger partial charge in [-0.2, -0.15) is 0 Å². The number of halogens is 1. The Labute approximate surface area is 128 Å². The average molecular weight is 338 g/mol. The van der Waals surface area contributed by atoms with Crippen molar-refractivity contribution in [2.24, 2.45) is 0 Å². The Balaban J connectivity index is 2.25. The number of aryl methyl sites for hydroxylation is 1. The van der Waals surface area contributed by atoms with Crippen molar-refractivity contribution in [1.29, 1.82) is 0 Å². The third kappa shape index (κ3) is 3.48. The lowest BCUT2D eigenvalue weighted by Gasteiger charge is -2.35. The Hall–Kier alpha value is -1.16. The molecule has 4 heteroatoms. The second kappa shape index (κ2) is 6.53. The maximum atomic E-state index is 12.7. The number of nitrogens with zero attached hydrogens (tertiary/aromatic N) is 1. The van der Waals surface area contributed by atoms with E-state index in [-0.39, 0.29) is 17.7 Å². The Bertz CT molecular complexity index is 527. The number of benzene rings is 1. The molecule has 3 nitrogen and oxygen atoms in total. The van der Waals surface area contributed by atoms with Crippen molar-refractivity contribution < 1.29 is 9.59 Å². The predicted octanol–water partition coefficient (Wildman–Crippen LogP) is 3.73. The second-order valence-electron chi connectivity index (χ2n) is 5.54. The summed E-state index contributed by atoms with van der Waals surface area (Å²) in [6.07, 6.45) is 3.50. The largest absolute Gasteiger partial charge is 0.335 e. The summed E-state index contributed by atoms with van der Waals surface area (Å²) in [6.45, 7) is 4.32. The smallest absolute Gasteiger partial charge is 0.255 e. The molecule has 0 aromatic heterocycles. The minimum Gasteiger partial charge on any atom is -0.335 e. The zero-order valence-corrected chi connectivity index (χ0v) is 13.6. The molecule has 1 unspecified atom stereocenters. The van der Waals surface area contributed by atoms with Crippen molar-refractivity contribution in [3.05, 3.63) is 33.8 Å². The summed E-state index contributed by atoms with van der Waals surface area (Å²) in [5, 5.41) is 0. The van der Waals surface area contributed by atoms with Crippen LogP contribution in [0.1, 0.15) is 48.5 Å².